The van der Waals surface area contributed by atoms with Crippen molar-refractivity contribution >= 4 is 88.9 Å². The highest BCUT2D eigenvalue weighted by Gasteiger charge is 2.36. The molecule has 0 saturated carbocycles. The maximum absolute atomic E-state index is 14.2. The molecule has 5 aromatic rings. The topological polar surface area (TPSA) is 341 Å². The smallest absolute Gasteiger partial charge is 0.410 e. The summed E-state index contributed by atoms with van der Waals surface area (Å²) < 4.78 is 29.9. The van der Waals surface area contributed by atoms with E-state index in [-0.39, 0.29) is 115 Å². The van der Waals surface area contributed by atoms with Crippen LogP contribution < -0.4 is 46.5 Å². The van der Waals surface area contributed by atoms with Crippen molar-refractivity contribution in [3.63, 3.8) is 0 Å². The molecule has 0 fully saturated rings. The number of rotatable bonds is 30. The standard InChI is InChI=1S/C71H80N12O15/c1-43(2)65(79-62(85)22-28-95-29-24-73-61(84)21-25-81-63(86)19-20-64(81)87)67(89)78-55(14-9-23-74-70(72)92)66(88)77-50-17-15-45(16-18-50)42-98-71(93)80(26-30-96-58-36-56-53(32-44(58)3)68(90)82-40-48-12-7-5-10-46(48)33-51(82)38-75-56)27-31-97-60-37-57-54(35-59(60)94-4)69(91)83-41-49-13-8-6-11-47(49)34-52(83)39-76-57/h5-8,10-13,15-20,32,35-39,43,51-52,55,65H,9,14,21-31,33-34,40-42H2,1-4H3,(H,73,84)(H,77,88)(H,78,89)(H,79,85)(H3,72,74,92)/t51-,52-,55-,65-/m0/s1. The predicted molar refractivity (Wildman–Crippen MR) is 360 cm³/mol. The molecule has 10 rings (SSSR count). The molecule has 0 saturated heterocycles. The summed E-state index contributed by atoms with van der Waals surface area (Å²) >= 11 is 0. The van der Waals surface area contributed by atoms with Crippen LogP contribution in [0.15, 0.2) is 119 Å². The fraction of sp³-hybridized carbons (Fsp3) is 0.380. The van der Waals surface area contributed by atoms with Crippen LogP contribution in [0.5, 0.6) is 17.2 Å². The van der Waals surface area contributed by atoms with E-state index in [1.807, 2.05) is 54.4 Å². The lowest BCUT2D eigenvalue weighted by Crippen LogP contribution is -2.54. The summed E-state index contributed by atoms with van der Waals surface area (Å²) in [6.07, 6.45) is 6.52. The lowest BCUT2D eigenvalue weighted by molar-refractivity contribution is -0.137. The zero-order valence-corrected chi connectivity index (χ0v) is 55.0. The molecule has 98 heavy (non-hydrogen) atoms. The van der Waals surface area contributed by atoms with E-state index in [0.29, 0.717) is 82.5 Å². The number of aryl methyl sites for hydroxylation is 1. The van der Waals surface area contributed by atoms with Crippen LogP contribution in [-0.4, -0.2) is 182 Å². The van der Waals surface area contributed by atoms with Gasteiger partial charge in [0, 0.05) is 88.0 Å². The number of imide groups is 1. The van der Waals surface area contributed by atoms with Crippen LogP contribution in [0.1, 0.15) is 93.6 Å². The first-order valence-corrected chi connectivity index (χ1v) is 32.6. The molecule has 4 atom stereocenters. The summed E-state index contributed by atoms with van der Waals surface area (Å²) in [4.78, 5) is 146. The van der Waals surface area contributed by atoms with Crippen molar-refractivity contribution < 1.29 is 71.6 Å². The number of methoxy groups -OCH3 is 1. The quantitative estimate of drug-likeness (QED) is 0.0244. The highest BCUT2D eigenvalue weighted by Crippen LogP contribution is 2.39. The molecule has 5 aliphatic heterocycles. The van der Waals surface area contributed by atoms with Crippen LogP contribution >= 0.6 is 0 Å². The second-order valence-corrected chi connectivity index (χ2v) is 24.5. The molecular formula is C71H80N12O15. The van der Waals surface area contributed by atoms with E-state index in [0.717, 1.165) is 33.7 Å². The first-order chi connectivity index (χ1) is 47.3. The third-order valence-corrected chi connectivity index (χ3v) is 17.4. The average molecular weight is 1340 g/mol. The zero-order valence-electron chi connectivity index (χ0n) is 55.0. The van der Waals surface area contributed by atoms with Crippen LogP contribution in [0.3, 0.4) is 0 Å². The normalized spacial score (nSPS) is 16.2. The van der Waals surface area contributed by atoms with Gasteiger partial charge in [-0.3, -0.25) is 53.2 Å². The monoisotopic (exact) mass is 1340 g/mol. The number of anilines is 1. The highest BCUT2D eigenvalue weighted by atomic mass is 16.6. The molecule has 0 aromatic heterocycles. The molecule has 5 aliphatic rings. The minimum atomic E-state index is -1.14. The average Bonchev–Trinajstić information content (AvgIpc) is 1.54. The number of nitrogens with two attached hydrogens (primary N) is 1. The SMILES string of the molecule is COc1cc2c(cc1OCCN(CCOc1cc3c(cc1C)C(=O)N1Cc4ccccc4C[C@H]1C=N3)C(=O)OCc1ccc(NC(=O)[C@H](CCCNC(N)=O)NC(=O)[C@@H](NC(=O)CCOCCNC(=O)CCN3C(=O)C=CC3=O)C(C)C)cc1)N=C[C@@H]1Cc3ccccc3CN1C2=O. The molecule has 0 spiro atoms. The summed E-state index contributed by atoms with van der Waals surface area (Å²) in [5, 5.41) is 13.4. The third-order valence-electron chi connectivity index (χ3n) is 17.4. The van der Waals surface area contributed by atoms with Gasteiger partial charge < -0.3 is 70.7 Å². The second kappa shape index (κ2) is 32.7. The first kappa shape index (κ1) is 69.9. The van der Waals surface area contributed by atoms with E-state index >= 15 is 0 Å². The van der Waals surface area contributed by atoms with Crippen LogP contribution in [0.2, 0.25) is 0 Å². The lowest BCUT2D eigenvalue weighted by Gasteiger charge is -2.34. The number of fused-ring (bicyclic) bond motifs is 6. The van der Waals surface area contributed by atoms with Crippen LogP contribution in [-0.2, 0) is 70.8 Å². The molecule has 7 N–H and O–H groups in total. The molecule has 5 aromatic carbocycles. The number of benzene rings is 5. The van der Waals surface area contributed by atoms with Gasteiger partial charge in [0.1, 0.15) is 37.7 Å². The number of hydrogen-bond acceptors (Lipinski definition) is 17. The van der Waals surface area contributed by atoms with Gasteiger partial charge in [0.2, 0.25) is 23.6 Å². The third kappa shape index (κ3) is 17.7. The van der Waals surface area contributed by atoms with Gasteiger partial charge in [0.25, 0.3) is 23.6 Å². The van der Waals surface area contributed by atoms with Crippen molar-refractivity contribution in [2.75, 3.05) is 71.6 Å². The van der Waals surface area contributed by atoms with Gasteiger partial charge in [-0.1, -0.05) is 74.5 Å². The van der Waals surface area contributed by atoms with Crippen molar-refractivity contribution in [1.82, 2.24) is 40.9 Å². The Morgan fingerprint density at radius 2 is 1.24 bits per heavy atom. The first-order valence-electron chi connectivity index (χ1n) is 32.6. The Morgan fingerprint density at radius 3 is 1.85 bits per heavy atom. The van der Waals surface area contributed by atoms with Gasteiger partial charge in [0.15, 0.2) is 11.5 Å². The Hall–Kier alpha value is -11.0. The van der Waals surface area contributed by atoms with E-state index in [9.17, 15) is 47.9 Å². The van der Waals surface area contributed by atoms with Crippen LogP contribution in [0.4, 0.5) is 26.7 Å². The molecule has 0 aliphatic carbocycles. The number of carbonyl (C=O) groups excluding carboxylic acids is 10. The summed E-state index contributed by atoms with van der Waals surface area (Å²) in [7, 11) is 1.48. The highest BCUT2D eigenvalue weighted by molar-refractivity contribution is 6.13. The van der Waals surface area contributed by atoms with Crippen LogP contribution in [0, 0.1) is 12.8 Å². The van der Waals surface area contributed by atoms with E-state index in [4.69, 9.17) is 39.4 Å². The van der Waals surface area contributed by atoms with Crippen molar-refractivity contribution in [2.24, 2.45) is 21.6 Å². The van der Waals surface area contributed by atoms with Gasteiger partial charge in [-0.05, 0) is 96.2 Å². The Kier molecular flexibility index (Phi) is 23.3. The van der Waals surface area contributed by atoms with Crippen molar-refractivity contribution in [3.8, 4) is 17.2 Å². The number of hydrogen-bond donors (Lipinski definition) is 6. The molecule has 0 radical (unpaired) electrons. The molecule has 5 heterocycles. The summed E-state index contributed by atoms with van der Waals surface area (Å²) in [5.41, 5.74) is 13.1. The van der Waals surface area contributed by atoms with Crippen LogP contribution in [0.25, 0.3) is 0 Å². The van der Waals surface area contributed by atoms with Gasteiger partial charge in [-0.15, -0.1) is 0 Å². The maximum atomic E-state index is 14.2. The minimum absolute atomic E-state index is 0.0000376. The Morgan fingerprint density at radius 1 is 0.653 bits per heavy atom. The van der Waals surface area contributed by atoms with Crippen molar-refractivity contribution in [2.45, 2.75) is 103 Å². The Bertz CT molecular complexity index is 3930. The van der Waals surface area contributed by atoms with Crippen molar-refractivity contribution in [3.05, 3.63) is 154 Å². The number of nitrogens with zero attached hydrogens (tertiary/aromatic N) is 6. The second-order valence-electron chi connectivity index (χ2n) is 24.5. The number of nitrogens with one attached hydrogen (secondary N) is 5. The van der Waals surface area contributed by atoms with Gasteiger partial charge in [0.05, 0.1) is 68.0 Å². The fourth-order valence-electron chi connectivity index (χ4n) is 11.9. The van der Waals surface area contributed by atoms with E-state index in [1.54, 1.807) is 73.5 Å². The summed E-state index contributed by atoms with van der Waals surface area (Å²) in [5.74, 6) is -2.78. The molecular weight excluding hydrogens is 1260 g/mol. The van der Waals surface area contributed by atoms with E-state index < -0.39 is 65.6 Å². The number of primary amides is 1. The summed E-state index contributed by atoms with van der Waals surface area (Å²) in [6.45, 7) is 6.15. The lowest BCUT2D eigenvalue weighted by atomic mass is 9.94. The molecule has 11 amide bonds. The number of aliphatic imine (C=N–C) groups is 2. The Labute approximate surface area is 566 Å². The van der Waals surface area contributed by atoms with Gasteiger partial charge in [-0.2, -0.15) is 0 Å². The summed E-state index contributed by atoms with van der Waals surface area (Å²) in [6, 6.07) is 26.0. The number of ether oxygens (including phenoxy) is 5. The number of carbonyl (C=O) groups is 10. The molecule has 0 bridgehead atoms. The van der Waals surface area contributed by atoms with E-state index in [2.05, 4.69) is 38.7 Å². The molecule has 27 heteroatoms. The molecule has 0 unspecified atom stereocenters. The van der Waals surface area contributed by atoms with E-state index in [1.165, 1.54) is 17.6 Å². The van der Waals surface area contributed by atoms with Gasteiger partial charge >= 0.3 is 12.1 Å². The zero-order chi connectivity index (χ0) is 69.4. The Balaban J connectivity index is 0.756. The number of urea groups is 1. The molecule has 27 nitrogen and oxygen atoms in total. The predicted octanol–water partition coefficient (Wildman–Crippen LogP) is 5.52. The number of amides is 11. The largest absolute Gasteiger partial charge is 0.493 e. The van der Waals surface area contributed by atoms with Gasteiger partial charge in [-0.25, -0.2) is 9.59 Å². The fourth-order valence-corrected chi connectivity index (χ4v) is 11.9. The molecule has 514 valence electrons. The minimum Gasteiger partial charge on any atom is -0.493 e. The maximum Gasteiger partial charge on any atom is 0.410 e. The van der Waals surface area contributed by atoms with Crippen molar-refractivity contribution in [1.29, 1.82) is 0 Å².